The van der Waals surface area contributed by atoms with E-state index in [0.29, 0.717) is 30.7 Å². The maximum absolute atomic E-state index is 11.5. The van der Waals surface area contributed by atoms with Crippen LogP contribution in [0.5, 0.6) is 11.5 Å². The fourth-order valence-corrected chi connectivity index (χ4v) is 4.07. The highest BCUT2D eigenvalue weighted by Gasteiger charge is 2.09. The predicted octanol–water partition coefficient (Wildman–Crippen LogP) is 9.67. The number of methoxy groups -OCH3 is 2. The summed E-state index contributed by atoms with van der Waals surface area (Å²) in [5.74, 6) is 0.988. The highest BCUT2D eigenvalue weighted by molar-refractivity contribution is 5.82. The molecule has 0 amide bonds. The van der Waals surface area contributed by atoms with Crippen molar-refractivity contribution in [3.05, 3.63) is 96.1 Å². The zero-order valence-corrected chi connectivity index (χ0v) is 30.5. The molecule has 0 unspecified atom stereocenters. The number of ether oxygens (including phenoxy) is 5. The first kappa shape index (κ1) is 41.9. The Kier molecular flexibility index (Phi) is 21.1. The van der Waals surface area contributed by atoms with Crippen LogP contribution in [0.4, 0.5) is 0 Å². The zero-order valence-electron chi connectivity index (χ0n) is 30.5. The van der Waals surface area contributed by atoms with E-state index in [2.05, 4.69) is 41.5 Å². The standard InChI is InChI=1S/C21H30O4.C20H28O3/c1-21(2,3)14-7-15-24-16-17-25-20(22)9-6-5-8-18-10-12-19(23-4)13-11-18;1-20(2,3)15-7-8-16-23-19(21)10-6-5-9-17-11-13-18(22-4)14-12-17/h5-6,8-13H,7,14-17H2,1-4H3;5-6,9-14H,7-8,15-16H2,1-4H3/b8-5+,9-6+;9-5+,10-6+. The van der Waals surface area contributed by atoms with Gasteiger partial charge in [-0.15, -0.1) is 0 Å². The molecule has 0 aliphatic carbocycles. The van der Waals surface area contributed by atoms with Crippen molar-refractivity contribution in [2.75, 3.05) is 40.6 Å². The molecule has 0 spiro atoms. The van der Waals surface area contributed by atoms with Crippen molar-refractivity contribution in [1.82, 2.24) is 0 Å². The number of benzene rings is 2. The van der Waals surface area contributed by atoms with Crippen LogP contribution in [0.1, 0.15) is 84.8 Å². The SMILES string of the molecule is COc1ccc(/C=C/C=C/C(=O)OCCCCC(C)(C)C)cc1.COc1ccc(/C=C/C=C/C(=O)OCCOCCCC(C)(C)C)cc1. The molecule has 2 rings (SSSR count). The fraction of sp³-hybridized carbons (Fsp3) is 0.463. The smallest absolute Gasteiger partial charge is 0.330 e. The van der Waals surface area contributed by atoms with E-state index in [1.54, 1.807) is 32.4 Å². The summed E-state index contributed by atoms with van der Waals surface area (Å²) in [6.45, 7) is 15.2. The monoisotopic (exact) mass is 662 g/mol. The van der Waals surface area contributed by atoms with Gasteiger partial charge in [-0.3, -0.25) is 0 Å². The van der Waals surface area contributed by atoms with Crippen molar-refractivity contribution in [1.29, 1.82) is 0 Å². The lowest BCUT2D eigenvalue weighted by atomic mass is 9.90. The molecule has 0 atom stereocenters. The average Bonchev–Trinajstić information content (AvgIpc) is 3.04. The second-order valence-corrected chi connectivity index (χ2v) is 13.6. The van der Waals surface area contributed by atoms with Crippen LogP contribution in [0.3, 0.4) is 0 Å². The summed E-state index contributed by atoms with van der Waals surface area (Å²) in [5.41, 5.74) is 2.75. The van der Waals surface area contributed by atoms with E-state index in [-0.39, 0.29) is 18.5 Å². The molecule has 48 heavy (non-hydrogen) atoms. The molecule has 0 bridgehead atoms. The molecule has 0 fully saturated rings. The minimum absolute atomic E-state index is 0.279. The summed E-state index contributed by atoms with van der Waals surface area (Å²) in [7, 11) is 3.28. The number of unbranched alkanes of at least 4 members (excludes halogenated alkanes) is 1. The molecule has 2 aromatic rings. The van der Waals surface area contributed by atoms with Crippen LogP contribution in [0, 0.1) is 10.8 Å². The normalized spacial score (nSPS) is 12.0. The molecule has 2 aromatic carbocycles. The summed E-state index contributed by atoms with van der Waals surface area (Å²) >= 11 is 0. The first-order valence-corrected chi connectivity index (χ1v) is 16.7. The van der Waals surface area contributed by atoms with Crippen LogP contribution >= 0.6 is 0 Å². The van der Waals surface area contributed by atoms with Gasteiger partial charge < -0.3 is 23.7 Å². The van der Waals surface area contributed by atoms with E-state index in [4.69, 9.17) is 23.7 Å². The Bertz CT molecular complexity index is 1270. The minimum atomic E-state index is -0.363. The molecule has 0 N–H and O–H groups in total. The number of rotatable bonds is 18. The van der Waals surface area contributed by atoms with Crippen LogP contribution in [0.25, 0.3) is 12.2 Å². The lowest BCUT2D eigenvalue weighted by Gasteiger charge is -2.17. The third-order valence-corrected chi connectivity index (χ3v) is 6.75. The zero-order chi connectivity index (χ0) is 35.7. The number of allylic oxidation sites excluding steroid dienone is 4. The van der Waals surface area contributed by atoms with E-state index in [1.165, 1.54) is 12.2 Å². The Morgan fingerprint density at radius 3 is 1.42 bits per heavy atom. The Hall–Kier alpha value is -4.10. The first-order chi connectivity index (χ1) is 22.8. The average molecular weight is 663 g/mol. The Morgan fingerprint density at radius 1 is 0.542 bits per heavy atom. The van der Waals surface area contributed by atoms with Gasteiger partial charge in [0, 0.05) is 18.8 Å². The summed E-state index contributed by atoms with van der Waals surface area (Å²) < 4.78 is 25.9. The van der Waals surface area contributed by atoms with Gasteiger partial charge in [0.25, 0.3) is 0 Å². The molecule has 0 aliphatic rings. The quantitative estimate of drug-likeness (QED) is 0.0680. The van der Waals surface area contributed by atoms with Crippen molar-refractivity contribution < 1.29 is 33.3 Å². The third kappa shape index (κ3) is 24.1. The van der Waals surface area contributed by atoms with E-state index in [1.807, 2.05) is 66.8 Å². The van der Waals surface area contributed by atoms with Crippen LogP contribution in [-0.2, 0) is 23.8 Å². The molecule has 0 aromatic heterocycles. The van der Waals surface area contributed by atoms with Gasteiger partial charge >= 0.3 is 11.9 Å². The third-order valence-electron chi connectivity index (χ3n) is 6.75. The number of carbonyl (C=O) groups excluding carboxylic acids is 2. The molecule has 0 heterocycles. The number of carbonyl (C=O) groups is 2. The van der Waals surface area contributed by atoms with Gasteiger partial charge in [0.15, 0.2) is 0 Å². The van der Waals surface area contributed by atoms with Gasteiger partial charge in [0.1, 0.15) is 18.1 Å². The summed E-state index contributed by atoms with van der Waals surface area (Å²) in [6.07, 6.45) is 18.9. The van der Waals surface area contributed by atoms with Crippen LogP contribution in [0.15, 0.2) is 85.0 Å². The molecular weight excluding hydrogens is 604 g/mol. The van der Waals surface area contributed by atoms with E-state index >= 15 is 0 Å². The second-order valence-electron chi connectivity index (χ2n) is 13.6. The Morgan fingerprint density at radius 2 is 0.979 bits per heavy atom. The van der Waals surface area contributed by atoms with Crippen molar-refractivity contribution in [2.45, 2.75) is 73.6 Å². The fourth-order valence-electron chi connectivity index (χ4n) is 4.07. The number of hydrogen-bond donors (Lipinski definition) is 0. The van der Waals surface area contributed by atoms with Crippen molar-refractivity contribution in [3.63, 3.8) is 0 Å². The van der Waals surface area contributed by atoms with Gasteiger partial charge in [0.05, 0.1) is 27.4 Å². The first-order valence-electron chi connectivity index (χ1n) is 16.7. The molecule has 0 saturated heterocycles. The maximum atomic E-state index is 11.5. The molecule has 0 saturated carbocycles. The van der Waals surface area contributed by atoms with Gasteiger partial charge in [0.2, 0.25) is 0 Å². The van der Waals surface area contributed by atoms with E-state index < -0.39 is 0 Å². The predicted molar refractivity (Wildman–Crippen MR) is 197 cm³/mol. The van der Waals surface area contributed by atoms with Crippen molar-refractivity contribution in [2.24, 2.45) is 10.8 Å². The van der Waals surface area contributed by atoms with Crippen LogP contribution < -0.4 is 9.47 Å². The summed E-state index contributed by atoms with van der Waals surface area (Å²) in [5, 5.41) is 0. The topological polar surface area (TPSA) is 80.3 Å². The number of hydrogen-bond acceptors (Lipinski definition) is 7. The van der Waals surface area contributed by atoms with Gasteiger partial charge in [-0.2, -0.15) is 0 Å². The lowest BCUT2D eigenvalue weighted by Crippen LogP contribution is -2.11. The van der Waals surface area contributed by atoms with Gasteiger partial charge in [-0.05, 0) is 78.3 Å². The largest absolute Gasteiger partial charge is 0.497 e. The highest BCUT2D eigenvalue weighted by Crippen LogP contribution is 2.21. The summed E-state index contributed by atoms with van der Waals surface area (Å²) in [4.78, 5) is 23.1. The lowest BCUT2D eigenvalue weighted by molar-refractivity contribution is -0.139. The molecule has 0 radical (unpaired) electrons. The Balaban J connectivity index is 0.000000482. The molecule has 264 valence electrons. The van der Waals surface area contributed by atoms with Crippen LogP contribution in [0.2, 0.25) is 0 Å². The molecule has 7 heteroatoms. The molecule has 7 nitrogen and oxygen atoms in total. The van der Waals surface area contributed by atoms with Gasteiger partial charge in [-0.1, -0.05) is 102 Å². The minimum Gasteiger partial charge on any atom is -0.497 e. The highest BCUT2D eigenvalue weighted by atomic mass is 16.6. The summed E-state index contributed by atoms with van der Waals surface area (Å²) in [6, 6.07) is 15.4. The van der Waals surface area contributed by atoms with E-state index in [9.17, 15) is 9.59 Å². The van der Waals surface area contributed by atoms with Crippen LogP contribution in [-0.4, -0.2) is 52.6 Å². The van der Waals surface area contributed by atoms with Gasteiger partial charge in [-0.25, -0.2) is 9.59 Å². The molecular formula is C41H58O7. The van der Waals surface area contributed by atoms with Crippen molar-refractivity contribution in [3.8, 4) is 11.5 Å². The number of esters is 2. The maximum Gasteiger partial charge on any atom is 0.330 e. The molecule has 0 aliphatic heterocycles. The van der Waals surface area contributed by atoms with Crippen molar-refractivity contribution >= 4 is 24.1 Å². The Labute approximate surface area is 289 Å². The second kappa shape index (κ2) is 24.1. The van der Waals surface area contributed by atoms with E-state index in [0.717, 1.165) is 54.7 Å².